The summed E-state index contributed by atoms with van der Waals surface area (Å²) in [5, 5.41) is 8.68. The molecule has 2 saturated heterocycles. The molecule has 0 spiro atoms. The Morgan fingerprint density at radius 3 is 2.70 bits per heavy atom. The summed E-state index contributed by atoms with van der Waals surface area (Å²) in [7, 11) is -2.96. The first-order valence-electron chi connectivity index (χ1n) is 6.73. The molecule has 2 atom stereocenters. The van der Waals surface area contributed by atoms with Gasteiger partial charge in [0, 0.05) is 10.9 Å². The molecule has 2 heterocycles. The highest BCUT2D eigenvalue weighted by Crippen LogP contribution is 2.42. The Kier molecular flexibility index (Phi) is 3.33. The molecule has 0 radical (unpaired) electrons. The molecule has 0 amide bonds. The third kappa shape index (κ3) is 2.24. The predicted molar refractivity (Wildman–Crippen MR) is 84.6 cm³/mol. The van der Waals surface area contributed by atoms with Gasteiger partial charge in [0.05, 0.1) is 17.5 Å². The fourth-order valence-electron chi connectivity index (χ4n) is 2.98. The Labute approximate surface area is 124 Å². The van der Waals surface area contributed by atoms with E-state index in [0.717, 1.165) is 5.69 Å². The summed E-state index contributed by atoms with van der Waals surface area (Å²) in [6.45, 7) is 4.24. The van der Waals surface area contributed by atoms with Crippen molar-refractivity contribution in [2.45, 2.75) is 31.1 Å². The highest BCUT2D eigenvalue weighted by molar-refractivity contribution is 8.15. The smallest absolute Gasteiger partial charge is 0.161 e. The molecular weight excluding hydrogens is 292 g/mol. The topological polar surface area (TPSA) is 61.2 Å². The van der Waals surface area contributed by atoms with E-state index >= 15 is 0 Å². The van der Waals surface area contributed by atoms with E-state index in [0.29, 0.717) is 11.1 Å². The second kappa shape index (κ2) is 4.77. The van der Waals surface area contributed by atoms with Crippen LogP contribution < -0.4 is 4.90 Å². The second-order valence-electron chi connectivity index (χ2n) is 5.69. The molecule has 4 nitrogen and oxygen atoms in total. The normalized spacial score (nSPS) is 28.1. The SMILES string of the molecule is CC(C)c1ccccc1N1C(=N)S[C@H]2CS(=O)(=O)C[C@@H]21. The summed E-state index contributed by atoms with van der Waals surface area (Å²) in [5.41, 5.74) is 2.16. The molecule has 2 fully saturated rings. The van der Waals surface area contributed by atoms with Crippen molar-refractivity contribution in [1.82, 2.24) is 0 Å². The van der Waals surface area contributed by atoms with Crippen LogP contribution in [0.2, 0.25) is 0 Å². The van der Waals surface area contributed by atoms with Crippen LogP contribution in [-0.4, -0.2) is 36.4 Å². The van der Waals surface area contributed by atoms with Crippen LogP contribution >= 0.6 is 11.8 Å². The van der Waals surface area contributed by atoms with E-state index in [9.17, 15) is 8.42 Å². The van der Waals surface area contributed by atoms with Crippen molar-refractivity contribution in [3.63, 3.8) is 0 Å². The van der Waals surface area contributed by atoms with Crippen LogP contribution in [0, 0.1) is 5.41 Å². The Hall–Kier alpha value is -1.01. The number of nitrogens with zero attached hydrogens (tertiary/aromatic N) is 1. The van der Waals surface area contributed by atoms with E-state index in [2.05, 4.69) is 19.9 Å². The summed E-state index contributed by atoms with van der Waals surface area (Å²) < 4.78 is 23.7. The van der Waals surface area contributed by atoms with Gasteiger partial charge < -0.3 is 4.90 Å². The minimum absolute atomic E-state index is 0.00715. The van der Waals surface area contributed by atoms with Crippen LogP contribution in [0.1, 0.15) is 25.3 Å². The Balaban J connectivity index is 2.04. The second-order valence-corrected chi connectivity index (χ2v) is 9.07. The summed E-state index contributed by atoms with van der Waals surface area (Å²) >= 11 is 1.39. The molecule has 0 unspecified atom stereocenters. The van der Waals surface area contributed by atoms with Crippen molar-refractivity contribution in [3.05, 3.63) is 29.8 Å². The standard InChI is InChI=1S/C14H18N2O2S2/c1-9(2)10-5-3-4-6-11(10)16-12-7-20(17,18)8-13(12)19-14(16)15/h3-6,9,12-13,15H,7-8H2,1-2H3/t12-,13-/m0/s1. The monoisotopic (exact) mass is 310 g/mol. The highest BCUT2D eigenvalue weighted by atomic mass is 32.2. The number of thioether (sulfide) groups is 1. The van der Waals surface area contributed by atoms with E-state index in [4.69, 9.17) is 5.41 Å². The fraction of sp³-hybridized carbons (Fsp3) is 0.500. The largest absolute Gasteiger partial charge is 0.316 e. The van der Waals surface area contributed by atoms with Gasteiger partial charge in [0.2, 0.25) is 0 Å². The van der Waals surface area contributed by atoms with Gasteiger partial charge in [-0.1, -0.05) is 43.8 Å². The fourth-order valence-corrected chi connectivity index (χ4v) is 6.77. The molecule has 0 saturated carbocycles. The Morgan fingerprint density at radius 1 is 1.30 bits per heavy atom. The number of hydrogen-bond acceptors (Lipinski definition) is 4. The van der Waals surface area contributed by atoms with Gasteiger partial charge in [-0.3, -0.25) is 5.41 Å². The molecule has 3 rings (SSSR count). The number of hydrogen-bond donors (Lipinski definition) is 1. The first-order valence-corrected chi connectivity index (χ1v) is 9.43. The van der Waals surface area contributed by atoms with Crippen molar-refractivity contribution in [3.8, 4) is 0 Å². The lowest BCUT2D eigenvalue weighted by Crippen LogP contribution is -2.37. The summed E-state index contributed by atoms with van der Waals surface area (Å²) in [6, 6.07) is 7.93. The van der Waals surface area contributed by atoms with Crippen molar-refractivity contribution in [1.29, 1.82) is 5.41 Å². The van der Waals surface area contributed by atoms with E-state index in [-0.39, 0.29) is 22.8 Å². The van der Waals surface area contributed by atoms with Gasteiger partial charge in [0.25, 0.3) is 0 Å². The zero-order valence-electron chi connectivity index (χ0n) is 11.5. The van der Waals surface area contributed by atoms with Gasteiger partial charge in [0.15, 0.2) is 15.0 Å². The van der Waals surface area contributed by atoms with Crippen molar-refractivity contribution in [2.75, 3.05) is 16.4 Å². The Bertz CT molecular complexity index is 655. The predicted octanol–water partition coefficient (Wildman–Crippen LogP) is 2.46. The van der Waals surface area contributed by atoms with Gasteiger partial charge in [0.1, 0.15) is 0 Å². The van der Waals surface area contributed by atoms with Crippen LogP contribution in [0.4, 0.5) is 5.69 Å². The molecule has 0 bridgehead atoms. The third-order valence-corrected chi connectivity index (χ3v) is 7.03. The number of para-hydroxylation sites is 1. The first-order chi connectivity index (χ1) is 9.39. The maximum atomic E-state index is 11.8. The summed E-state index contributed by atoms with van der Waals surface area (Å²) in [6.07, 6.45) is 0. The molecule has 1 aromatic carbocycles. The Morgan fingerprint density at radius 2 is 2.00 bits per heavy atom. The molecule has 6 heteroatoms. The molecule has 0 aliphatic carbocycles. The van der Waals surface area contributed by atoms with Gasteiger partial charge in [-0.05, 0) is 17.5 Å². The average Bonchev–Trinajstić information content (AvgIpc) is 2.79. The minimum Gasteiger partial charge on any atom is -0.316 e. The molecular formula is C14H18N2O2S2. The average molecular weight is 310 g/mol. The maximum absolute atomic E-state index is 11.8. The van der Waals surface area contributed by atoms with E-state index in [1.54, 1.807) is 0 Å². The van der Waals surface area contributed by atoms with Crippen molar-refractivity contribution >= 4 is 32.5 Å². The molecule has 108 valence electrons. The van der Waals surface area contributed by atoms with Crippen LogP contribution in [0.15, 0.2) is 24.3 Å². The van der Waals surface area contributed by atoms with Gasteiger partial charge >= 0.3 is 0 Å². The van der Waals surface area contributed by atoms with Gasteiger partial charge in [-0.15, -0.1) is 0 Å². The van der Waals surface area contributed by atoms with Crippen LogP contribution in [0.5, 0.6) is 0 Å². The third-order valence-electron chi connectivity index (χ3n) is 3.90. The minimum atomic E-state index is -2.96. The number of fused-ring (bicyclic) bond motifs is 1. The lowest BCUT2D eigenvalue weighted by molar-refractivity contribution is 0.601. The molecule has 0 aromatic heterocycles. The molecule has 2 aliphatic rings. The van der Waals surface area contributed by atoms with Crippen LogP contribution in [-0.2, 0) is 9.84 Å². The van der Waals surface area contributed by atoms with E-state index < -0.39 is 9.84 Å². The number of amidine groups is 1. The summed E-state index contributed by atoms with van der Waals surface area (Å²) in [5.74, 6) is 0.714. The molecule has 1 aromatic rings. The number of benzene rings is 1. The van der Waals surface area contributed by atoms with Crippen LogP contribution in [0.25, 0.3) is 0 Å². The molecule has 20 heavy (non-hydrogen) atoms. The highest BCUT2D eigenvalue weighted by Gasteiger charge is 2.49. The van der Waals surface area contributed by atoms with Crippen molar-refractivity contribution in [2.24, 2.45) is 0 Å². The quantitative estimate of drug-likeness (QED) is 0.911. The number of anilines is 1. The lowest BCUT2D eigenvalue weighted by Gasteiger charge is -2.27. The maximum Gasteiger partial charge on any atom is 0.161 e. The van der Waals surface area contributed by atoms with Crippen LogP contribution in [0.3, 0.4) is 0 Å². The van der Waals surface area contributed by atoms with E-state index in [1.165, 1.54) is 17.3 Å². The molecule has 1 N–H and O–H groups in total. The number of sulfone groups is 1. The zero-order chi connectivity index (χ0) is 14.5. The lowest BCUT2D eigenvalue weighted by atomic mass is 10.00. The van der Waals surface area contributed by atoms with E-state index in [1.807, 2.05) is 23.1 Å². The van der Waals surface area contributed by atoms with Gasteiger partial charge in [-0.2, -0.15) is 0 Å². The zero-order valence-corrected chi connectivity index (χ0v) is 13.2. The first kappa shape index (κ1) is 13.9. The summed E-state index contributed by atoms with van der Waals surface area (Å²) in [4.78, 5) is 1.93. The van der Waals surface area contributed by atoms with Crippen molar-refractivity contribution < 1.29 is 8.42 Å². The number of rotatable bonds is 2. The number of nitrogens with one attached hydrogen (secondary N) is 1. The molecule has 2 aliphatic heterocycles. The van der Waals surface area contributed by atoms with Gasteiger partial charge in [-0.25, -0.2) is 8.42 Å².